The minimum atomic E-state index is -0.329. The van der Waals surface area contributed by atoms with E-state index in [2.05, 4.69) is 12.3 Å². The van der Waals surface area contributed by atoms with Crippen molar-refractivity contribution in [3.05, 3.63) is 70.0 Å². The largest absolute Gasteiger partial charge is 0.271 e. The third-order valence-electron chi connectivity index (χ3n) is 3.16. The van der Waals surface area contributed by atoms with E-state index in [4.69, 9.17) is 17.4 Å². The van der Waals surface area contributed by atoms with Crippen molar-refractivity contribution in [3.8, 4) is 0 Å². The van der Waals surface area contributed by atoms with Gasteiger partial charge in [0, 0.05) is 5.02 Å². The maximum atomic E-state index is 13.4. The Hall–Kier alpha value is -1.42. The average molecular weight is 279 g/mol. The molecule has 0 aromatic heterocycles. The molecule has 0 amide bonds. The van der Waals surface area contributed by atoms with E-state index >= 15 is 0 Å². The molecule has 2 nitrogen and oxygen atoms in total. The van der Waals surface area contributed by atoms with Gasteiger partial charge < -0.3 is 0 Å². The van der Waals surface area contributed by atoms with Crippen LogP contribution in [-0.4, -0.2) is 0 Å². The maximum absolute atomic E-state index is 13.4. The standard InChI is InChI=1S/C15H16ClFN2/c1-2-10-3-5-11(6-4-10)15(19-18)13-9-12(17)7-8-14(13)16/h3-9,15,19H,2,18H2,1H3. The second kappa shape index (κ2) is 6.15. The fourth-order valence-corrected chi connectivity index (χ4v) is 2.27. The number of hydrazine groups is 1. The van der Waals surface area contributed by atoms with Crippen molar-refractivity contribution in [2.24, 2.45) is 5.84 Å². The fourth-order valence-electron chi connectivity index (χ4n) is 2.05. The molecule has 100 valence electrons. The second-order valence-electron chi connectivity index (χ2n) is 4.36. The van der Waals surface area contributed by atoms with E-state index in [1.165, 1.54) is 23.8 Å². The van der Waals surface area contributed by atoms with E-state index in [-0.39, 0.29) is 11.9 Å². The summed E-state index contributed by atoms with van der Waals surface area (Å²) in [5.74, 6) is 5.27. The first-order valence-corrected chi connectivity index (χ1v) is 6.53. The van der Waals surface area contributed by atoms with Gasteiger partial charge in [0.1, 0.15) is 5.82 Å². The fraction of sp³-hybridized carbons (Fsp3) is 0.200. The van der Waals surface area contributed by atoms with E-state index in [1.54, 1.807) is 0 Å². The molecule has 4 heteroatoms. The van der Waals surface area contributed by atoms with Crippen molar-refractivity contribution in [1.29, 1.82) is 0 Å². The molecule has 1 unspecified atom stereocenters. The minimum Gasteiger partial charge on any atom is -0.271 e. The molecule has 0 saturated carbocycles. The molecule has 0 heterocycles. The SMILES string of the molecule is CCc1ccc(C(NN)c2cc(F)ccc2Cl)cc1. The molecule has 0 radical (unpaired) electrons. The van der Waals surface area contributed by atoms with E-state index in [1.807, 2.05) is 24.3 Å². The number of nitrogens with one attached hydrogen (secondary N) is 1. The van der Waals surface area contributed by atoms with Crippen LogP contribution in [0.1, 0.15) is 29.7 Å². The van der Waals surface area contributed by atoms with Crippen LogP contribution in [0.3, 0.4) is 0 Å². The van der Waals surface area contributed by atoms with Gasteiger partial charge in [0.15, 0.2) is 0 Å². The average Bonchev–Trinajstić information content (AvgIpc) is 2.44. The Balaban J connectivity index is 2.40. The molecule has 19 heavy (non-hydrogen) atoms. The highest BCUT2D eigenvalue weighted by atomic mass is 35.5. The maximum Gasteiger partial charge on any atom is 0.123 e. The van der Waals surface area contributed by atoms with Crippen molar-refractivity contribution < 1.29 is 4.39 Å². The van der Waals surface area contributed by atoms with E-state index in [9.17, 15) is 4.39 Å². The van der Waals surface area contributed by atoms with Crippen LogP contribution in [0.2, 0.25) is 5.02 Å². The molecule has 0 spiro atoms. The Kier molecular flexibility index (Phi) is 4.53. The predicted molar refractivity (Wildman–Crippen MR) is 76.4 cm³/mol. The van der Waals surface area contributed by atoms with Crippen LogP contribution in [0.25, 0.3) is 0 Å². The number of hydrogen-bond donors (Lipinski definition) is 2. The first-order valence-electron chi connectivity index (χ1n) is 6.15. The van der Waals surface area contributed by atoms with Crippen LogP contribution in [0, 0.1) is 5.82 Å². The third kappa shape index (κ3) is 3.13. The lowest BCUT2D eigenvalue weighted by Gasteiger charge is -2.18. The third-order valence-corrected chi connectivity index (χ3v) is 3.50. The quantitative estimate of drug-likeness (QED) is 0.662. The summed E-state index contributed by atoms with van der Waals surface area (Å²) in [6.45, 7) is 2.09. The normalized spacial score (nSPS) is 12.4. The summed E-state index contributed by atoms with van der Waals surface area (Å²) in [5.41, 5.74) is 5.51. The highest BCUT2D eigenvalue weighted by Gasteiger charge is 2.16. The van der Waals surface area contributed by atoms with Gasteiger partial charge in [-0.15, -0.1) is 0 Å². The van der Waals surface area contributed by atoms with Gasteiger partial charge in [-0.1, -0.05) is 42.8 Å². The molecule has 2 aromatic rings. The van der Waals surface area contributed by atoms with Crippen molar-refractivity contribution in [3.63, 3.8) is 0 Å². The van der Waals surface area contributed by atoms with Crippen molar-refractivity contribution in [1.82, 2.24) is 5.43 Å². The molecule has 3 N–H and O–H groups in total. The van der Waals surface area contributed by atoms with Gasteiger partial charge >= 0.3 is 0 Å². The summed E-state index contributed by atoms with van der Waals surface area (Å²) in [5, 5.41) is 0.490. The summed E-state index contributed by atoms with van der Waals surface area (Å²) in [6.07, 6.45) is 0.974. The van der Waals surface area contributed by atoms with Crippen LogP contribution in [0.4, 0.5) is 4.39 Å². The van der Waals surface area contributed by atoms with E-state index in [0.717, 1.165) is 12.0 Å². The number of hydrogen-bond acceptors (Lipinski definition) is 2. The Morgan fingerprint density at radius 3 is 2.47 bits per heavy atom. The lowest BCUT2D eigenvalue weighted by molar-refractivity contribution is 0.605. The summed E-state index contributed by atoms with van der Waals surface area (Å²) in [4.78, 5) is 0. The molecule has 2 aromatic carbocycles. The smallest absolute Gasteiger partial charge is 0.123 e. The van der Waals surface area contributed by atoms with Crippen LogP contribution in [0.5, 0.6) is 0 Å². The number of rotatable bonds is 4. The molecule has 0 bridgehead atoms. The Morgan fingerprint density at radius 2 is 1.89 bits per heavy atom. The predicted octanol–water partition coefficient (Wildman–Crippen LogP) is 3.59. The van der Waals surface area contributed by atoms with Gasteiger partial charge in [-0.05, 0) is 41.3 Å². The van der Waals surface area contributed by atoms with Gasteiger partial charge in [0.25, 0.3) is 0 Å². The van der Waals surface area contributed by atoms with E-state index < -0.39 is 0 Å². The number of benzene rings is 2. The number of nitrogens with two attached hydrogens (primary N) is 1. The van der Waals surface area contributed by atoms with Gasteiger partial charge in [-0.25, -0.2) is 9.82 Å². The first-order chi connectivity index (χ1) is 9.15. The molecule has 0 aliphatic rings. The van der Waals surface area contributed by atoms with Crippen LogP contribution in [-0.2, 0) is 6.42 Å². The zero-order valence-corrected chi connectivity index (χ0v) is 11.4. The van der Waals surface area contributed by atoms with Crippen molar-refractivity contribution in [2.45, 2.75) is 19.4 Å². The highest BCUT2D eigenvalue weighted by Crippen LogP contribution is 2.28. The Bertz CT molecular complexity index is 555. The monoisotopic (exact) mass is 278 g/mol. The second-order valence-corrected chi connectivity index (χ2v) is 4.77. The summed E-state index contributed by atoms with van der Waals surface area (Å²) < 4.78 is 13.4. The lowest BCUT2D eigenvalue weighted by atomic mass is 9.97. The van der Waals surface area contributed by atoms with Gasteiger partial charge in [-0.3, -0.25) is 5.84 Å². The number of halogens is 2. The lowest BCUT2D eigenvalue weighted by Crippen LogP contribution is -2.29. The molecule has 0 saturated heterocycles. The molecular formula is C15H16ClFN2. The van der Waals surface area contributed by atoms with Crippen molar-refractivity contribution in [2.75, 3.05) is 0 Å². The Morgan fingerprint density at radius 1 is 1.21 bits per heavy atom. The van der Waals surface area contributed by atoms with Crippen LogP contribution >= 0.6 is 11.6 Å². The summed E-state index contributed by atoms with van der Waals surface area (Å²) in [6, 6.07) is 12.0. The first kappa shape index (κ1) is 14.0. The zero-order chi connectivity index (χ0) is 13.8. The molecule has 0 aliphatic carbocycles. The van der Waals surface area contributed by atoms with Gasteiger partial charge in [0.2, 0.25) is 0 Å². The van der Waals surface area contributed by atoms with Gasteiger partial charge in [-0.2, -0.15) is 0 Å². The molecule has 1 atom stereocenters. The molecule has 2 rings (SSSR count). The van der Waals surface area contributed by atoms with E-state index in [0.29, 0.717) is 10.6 Å². The Labute approximate surface area is 117 Å². The number of aryl methyl sites for hydroxylation is 1. The molecule has 0 aliphatic heterocycles. The summed E-state index contributed by atoms with van der Waals surface area (Å²) in [7, 11) is 0. The minimum absolute atomic E-state index is 0.325. The van der Waals surface area contributed by atoms with Crippen molar-refractivity contribution >= 4 is 11.6 Å². The van der Waals surface area contributed by atoms with Crippen LogP contribution < -0.4 is 11.3 Å². The molecule has 0 fully saturated rings. The van der Waals surface area contributed by atoms with Crippen LogP contribution in [0.15, 0.2) is 42.5 Å². The topological polar surface area (TPSA) is 38.0 Å². The van der Waals surface area contributed by atoms with Gasteiger partial charge in [0.05, 0.1) is 6.04 Å². The summed E-state index contributed by atoms with van der Waals surface area (Å²) >= 11 is 6.12. The zero-order valence-electron chi connectivity index (χ0n) is 10.7. The highest BCUT2D eigenvalue weighted by molar-refractivity contribution is 6.31. The molecular weight excluding hydrogens is 263 g/mol.